The maximum atomic E-state index is 13.5. The lowest BCUT2D eigenvalue weighted by molar-refractivity contribution is -0.137. The number of ether oxygens (including phenoxy) is 1. The van der Waals surface area contributed by atoms with Gasteiger partial charge in [0, 0.05) is 49.4 Å². The number of fused-ring (bicyclic) bond motifs is 4. The van der Waals surface area contributed by atoms with Crippen molar-refractivity contribution in [2.45, 2.75) is 70.6 Å². The highest BCUT2D eigenvalue weighted by molar-refractivity contribution is 5.86. The monoisotopic (exact) mass is 547 g/mol. The second-order valence-electron chi connectivity index (χ2n) is 12.9. The van der Waals surface area contributed by atoms with E-state index in [0.717, 1.165) is 93.7 Å². The molecule has 2 fully saturated rings. The summed E-state index contributed by atoms with van der Waals surface area (Å²) in [5, 5.41) is 14.0. The maximum absolute atomic E-state index is 13.5. The Morgan fingerprint density at radius 1 is 1.23 bits per heavy atom. The molecule has 3 heterocycles. The van der Waals surface area contributed by atoms with Crippen molar-refractivity contribution in [3.63, 3.8) is 0 Å². The molecule has 2 aliphatic heterocycles. The van der Waals surface area contributed by atoms with E-state index in [9.17, 15) is 18.3 Å². The van der Waals surface area contributed by atoms with E-state index in [2.05, 4.69) is 34.3 Å². The lowest BCUT2D eigenvalue weighted by atomic mass is 9.68. The first-order valence-electron chi connectivity index (χ1n) is 14.6. The number of aromatic nitrogens is 1. The number of H-pyrrole nitrogens is 1. The van der Waals surface area contributed by atoms with Gasteiger partial charge in [-0.1, -0.05) is 19.1 Å². The molecule has 3 atom stereocenters. The quantitative estimate of drug-likeness (QED) is 0.285. The molecule has 0 radical (unpaired) electrons. The van der Waals surface area contributed by atoms with Gasteiger partial charge in [0.25, 0.3) is 0 Å². The average molecular weight is 548 g/mol. The van der Waals surface area contributed by atoms with Gasteiger partial charge in [-0.15, -0.1) is 0 Å². The first kappa shape index (κ1) is 28.7. The maximum Gasteiger partial charge on any atom is 0.416 e. The molecule has 5 rings (SSSR count). The Morgan fingerprint density at radius 2 is 2.00 bits per heavy atom. The largest absolute Gasteiger partial charge is 0.416 e. The summed E-state index contributed by atoms with van der Waals surface area (Å²) >= 11 is 0. The number of aliphatic hydroxyl groups is 1. The minimum absolute atomic E-state index is 0.127. The first-order chi connectivity index (χ1) is 18.4. The number of piperidine rings is 1. The summed E-state index contributed by atoms with van der Waals surface area (Å²) in [4.78, 5) is 6.05. The molecule has 1 aromatic carbocycles. The van der Waals surface area contributed by atoms with Crippen LogP contribution in [0.15, 0.2) is 30.4 Å². The molecule has 1 aliphatic carbocycles. The van der Waals surface area contributed by atoms with Crippen molar-refractivity contribution in [1.29, 1.82) is 0 Å². The number of alkyl halides is 3. The van der Waals surface area contributed by atoms with Crippen molar-refractivity contribution in [3.8, 4) is 0 Å². The van der Waals surface area contributed by atoms with Crippen LogP contribution in [0.5, 0.6) is 0 Å². The van der Waals surface area contributed by atoms with Crippen LogP contribution in [0.25, 0.3) is 10.9 Å². The highest BCUT2D eigenvalue weighted by atomic mass is 19.4. The molecule has 2 saturated heterocycles. The second-order valence-corrected chi connectivity index (χ2v) is 12.9. The van der Waals surface area contributed by atoms with E-state index >= 15 is 0 Å². The average Bonchev–Trinajstić information content (AvgIpc) is 3.25. The fraction of sp³-hybridized carbons (Fsp3) is 0.677. The Balaban J connectivity index is 1.25. The molecule has 3 aliphatic rings. The summed E-state index contributed by atoms with van der Waals surface area (Å²) in [6, 6.07) is 4.13. The summed E-state index contributed by atoms with van der Waals surface area (Å²) in [5.74, 6) is 1.24. The lowest BCUT2D eigenvalue weighted by Gasteiger charge is -2.45. The van der Waals surface area contributed by atoms with Crippen LogP contribution in [0.4, 0.5) is 13.2 Å². The number of nitrogens with one attached hydrogen (secondary N) is 2. The molecule has 39 heavy (non-hydrogen) atoms. The van der Waals surface area contributed by atoms with Crippen LogP contribution in [0, 0.1) is 17.3 Å². The second kappa shape index (κ2) is 11.2. The number of likely N-dealkylation sites (tertiary alicyclic amines) is 1. The Hall–Kier alpha value is -1.87. The third kappa shape index (κ3) is 6.55. The number of aromatic amines is 1. The molecule has 0 bridgehead atoms. The number of hydrogen-bond acceptors (Lipinski definition) is 4. The number of halogens is 3. The van der Waals surface area contributed by atoms with E-state index in [4.69, 9.17) is 4.74 Å². The zero-order valence-electron chi connectivity index (χ0n) is 23.5. The number of nitrogens with zero attached hydrogens (tertiary/aromatic N) is 1. The normalized spacial score (nSPS) is 26.2. The molecular formula is C31H44F3N3O2. The van der Waals surface area contributed by atoms with Gasteiger partial charge in [-0.25, -0.2) is 0 Å². The van der Waals surface area contributed by atoms with Crippen molar-refractivity contribution in [3.05, 3.63) is 47.2 Å². The lowest BCUT2D eigenvalue weighted by Crippen LogP contribution is -2.46. The minimum Gasteiger partial charge on any atom is -0.389 e. The molecule has 216 valence electrons. The minimum atomic E-state index is -4.33. The smallest absolute Gasteiger partial charge is 0.389 e. The van der Waals surface area contributed by atoms with E-state index in [1.165, 1.54) is 12.1 Å². The van der Waals surface area contributed by atoms with Crippen LogP contribution in [-0.4, -0.2) is 66.5 Å². The van der Waals surface area contributed by atoms with Crippen LogP contribution in [0.1, 0.15) is 69.2 Å². The zero-order chi connectivity index (χ0) is 27.8. The molecule has 0 amide bonds. The zero-order valence-corrected chi connectivity index (χ0v) is 23.5. The van der Waals surface area contributed by atoms with Crippen LogP contribution in [-0.2, 0) is 17.3 Å². The van der Waals surface area contributed by atoms with Crippen LogP contribution in [0.3, 0.4) is 0 Å². The standard InChI is InChI=1S/C31H44F3N3O2/c1-21-25-19-37(14-9-30(10-15-39-16-11-30)8-4-12-35-20-29(2,3)38)13-7-22(25)17-27-28(21)24-18-23(31(32,33)34)5-6-26(24)36-27/h4-6,8,18,21-22,25,35-36,38H,7,9-17,19-20H2,1-3H3/b8-4+/t21-,22-,25-/m1/s1. The summed E-state index contributed by atoms with van der Waals surface area (Å²) in [6.07, 6.45) is 5.43. The summed E-state index contributed by atoms with van der Waals surface area (Å²) < 4.78 is 46.1. The highest BCUT2D eigenvalue weighted by Crippen LogP contribution is 2.47. The highest BCUT2D eigenvalue weighted by Gasteiger charge is 2.41. The van der Waals surface area contributed by atoms with E-state index in [0.29, 0.717) is 18.4 Å². The predicted molar refractivity (Wildman–Crippen MR) is 149 cm³/mol. The fourth-order valence-electron chi connectivity index (χ4n) is 7.16. The van der Waals surface area contributed by atoms with Gasteiger partial charge in [-0.2, -0.15) is 13.2 Å². The topological polar surface area (TPSA) is 60.5 Å². The number of rotatable bonds is 8. The summed E-state index contributed by atoms with van der Waals surface area (Å²) in [6.45, 7) is 11.8. The molecule has 1 aromatic heterocycles. The van der Waals surface area contributed by atoms with Crippen LogP contribution >= 0.6 is 0 Å². The van der Waals surface area contributed by atoms with Gasteiger partial charge in [0.15, 0.2) is 0 Å². The molecule has 0 unspecified atom stereocenters. The Bertz CT molecular complexity index is 1160. The SMILES string of the molecule is C[C@H]1c2c([nH]c3ccc(C(F)(F)F)cc23)C[C@H]2CCN(CCC3(/C=C/CNCC(C)(C)O)CCOCC3)C[C@@H]21. The first-order valence-corrected chi connectivity index (χ1v) is 14.6. The van der Waals surface area contributed by atoms with Gasteiger partial charge in [0.2, 0.25) is 0 Å². The van der Waals surface area contributed by atoms with Gasteiger partial charge in [0.05, 0.1) is 11.2 Å². The van der Waals surface area contributed by atoms with E-state index < -0.39 is 17.3 Å². The number of benzene rings is 1. The summed E-state index contributed by atoms with van der Waals surface area (Å²) in [5.41, 5.74) is 1.89. The molecule has 3 N–H and O–H groups in total. The third-order valence-corrected chi connectivity index (χ3v) is 9.41. The van der Waals surface area contributed by atoms with Gasteiger partial charge in [-0.05, 0) is 106 Å². The predicted octanol–water partition coefficient (Wildman–Crippen LogP) is 5.89. The summed E-state index contributed by atoms with van der Waals surface area (Å²) in [7, 11) is 0. The van der Waals surface area contributed by atoms with E-state index in [-0.39, 0.29) is 11.3 Å². The fourth-order valence-corrected chi connectivity index (χ4v) is 7.16. The molecular weight excluding hydrogens is 503 g/mol. The van der Waals surface area contributed by atoms with E-state index in [1.807, 2.05) is 0 Å². The van der Waals surface area contributed by atoms with Crippen molar-refractivity contribution in [1.82, 2.24) is 15.2 Å². The van der Waals surface area contributed by atoms with Gasteiger partial charge < -0.3 is 25.0 Å². The van der Waals surface area contributed by atoms with Crippen molar-refractivity contribution in [2.75, 3.05) is 45.9 Å². The van der Waals surface area contributed by atoms with Gasteiger partial charge >= 0.3 is 6.18 Å². The third-order valence-electron chi connectivity index (χ3n) is 9.41. The van der Waals surface area contributed by atoms with Gasteiger partial charge in [0.1, 0.15) is 0 Å². The molecule has 0 saturated carbocycles. The molecule has 8 heteroatoms. The Morgan fingerprint density at radius 3 is 2.72 bits per heavy atom. The Labute approximate surface area is 230 Å². The molecule has 5 nitrogen and oxygen atoms in total. The van der Waals surface area contributed by atoms with Crippen molar-refractivity contribution >= 4 is 10.9 Å². The van der Waals surface area contributed by atoms with Crippen LogP contribution < -0.4 is 5.32 Å². The van der Waals surface area contributed by atoms with Crippen LogP contribution in [0.2, 0.25) is 0 Å². The van der Waals surface area contributed by atoms with E-state index in [1.54, 1.807) is 19.9 Å². The number of hydrogen-bond donors (Lipinski definition) is 3. The molecule has 2 aromatic rings. The molecule has 0 spiro atoms. The van der Waals surface area contributed by atoms with Crippen molar-refractivity contribution in [2.24, 2.45) is 17.3 Å². The number of allylic oxidation sites excluding steroid dienone is 1. The van der Waals surface area contributed by atoms with Crippen molar-refractivity contribution < 1.29 is 23.0 Å². The van der Waals surface area contributed by atoms with Gasteiger partial charge in [-0.3, -0.25) is 0 Å². The Kier molecular flexibility index (Phi) is 8.22.